The Morgan fingerprint density at radius 1 is 0.362 bits per heavy atom. The topological polar surface area (TPSA) is 9.72 Å². The molecule has 3 heterocycles. The van der Waals surface area contributed by atoms with Crippen molar-refractivity contribution in [2.24, 2.45) is 0 Å². The van der Waals surface area contributed by atoms with Crippen molar-refractivity contribution in [3.8, 4) is 22.3 Å². The zero-order valence-electron chi connectivity index (χ0n) is 41.0. The van der Waals surface area contributed by atoms with Crippen LogP contribution in [0.1, 0.15) is 52.7 Å². The van der Waals surface area contributed by atoms with E-state index in [1.54, 1.807) is 0 Å². The monoisotopic (exact) mass is 907 g/mol. The second-order valence-corrected chi connectivity index (χ2v) is 26.1. The van der Waals surface area contributed by atoms with Crippen LogP contribution in [0, 0.1) is 0 Å². The lowest BCUT2D eigenvalue weighted by Crippen LogP contribution is -2.79. The summed E-state index contributed by atoms with van der Waals surface area (Å²) in [4.78, 5) is 7.71. The van der Waals surface area contributed by atoms with Gasteiger partial charge in [0.2, 0.25) is 0 Å². The van der Waals surface area contributed by atoms with Gasteiger partial charge in [0.05, 0.1) is 17.1 Å². The van der Waals surface area contributed by atoms with Gasteiger partial charge in [0.25, 0.3) is 6.71 Å². The van der Waals surface area contributed by atoms with Crippen LogP contribution in [0.5, 0.6) is 0 Å². The summed E-state index contributed by atoms with van der Waals surface area (Å²) in [6, 6.07) is 77.9. The Morgan fingerprint density at radius 2 is 0.739 bits per heavy atom. The molecule has 0 fully saturated rings. The molecule has 0 radical (unpaired) electrons. The van der Waals surface area contributed by atoms with Crippen LogP contribution in [0.15, 0.2) is 206 Å². The van der Waals surface area contributed by atoms with Gasteiger partial charge in [-0.1, -0.05) is 211 Å². The van der Waals surface area contributed by atoms with Crippen molar-refractivity contribution in [1.82, 2.24) is 0 Å². The van der Waals surface area contributed by atoms with Crippen LogP contribution in [-0.4, -0.2) is 14.8 Å². The Hall–Kier alpha value is -7.34. The van der Waals surface area contributed by atoms with E-state index in [1.807, 2.05) is 0 Å². The Labute approximate surface area is 410 Å². The number of benzene rings is 9. The molecule has 0 bridgehead atoms. The summed E-state index contributed by atoms with van der Waals surface area (Å²) in [6.07, 6.45) is 0. The summed E-state index contributed by atoms with van der Waals surface area (Å²) in [5, 5.41) is 3.05. The fraction of sp³-hybridized carbons (Fsp3) is 0.156. The highest BCUT2D eigenvalue weighted by atomic mass is 28.3. The molecule has 69 heavy (non-hydrogen) atoms. The van der Waals surface area contributed by atoms with Gasteiger partial charge in [-0.25, -0.2) is 0 Å². The van der Waals surface area contributed by atoms with E-state index in [9.17, 15) is 0 Å². The van der Waals surface area contributed by atoms with E-state index in [0.29, 0.717) is 0 Å². The highest BCUT2D eigenvalue weighted by molar-refractivity contribution is 7.16. The third-order valence-electron chi connectivity index (χ3n) is 15.2. The molecule has 336 valence electrons. The highest BCUT2D eigenvalue weighted by Gasteiger charge is 2.52. The molecule has 5 heteroatoms. The molecule has 12 rings (SSSR count). The first-order chi connectivity index (χ1) is 33.3. The molecule has 0 saturated carbocycles. The summed E-state index contributed by atoms with van der Waals surface area (Å²) in [7, 11) is -2.25. The van der Waals surface area contributed by atoms with E-state index in [2.05, 4.69) is 276 Å². The molecule has 3 aliphatic rings. The summed E-state index contributed by atoms with van der Waals surface area (Å²) in [5.74, 6) is 0. The average Bonchev–Trinajstić information content (AvgIpc) is 3.36. The van der Waals surface area contributed by atoms with Crippen LogP contribution >= 0.6 is 0 Å². The minimum Gasteiger partial charge on any atom is -0.311 e. The number of para-hydroxylation sites is 4. The molecule has 3 nitrogen and oxygen atoms in total. The molecular weight excluding hydrogens is 850 g/mol. The maximum atomic E-state index is 2.64. The molecule has 0 atom stereocenters. The van der Waals surface area contributed by atoms with Crippen LogP contribution in [0.25, 0.3) is 22.3 Å². The van der Waals surface area contributed by atoms with Gasteiger partial charge in [-0.15, -0.1) is 0 Å². The first kappa shape index (κ1) is 43.0. The molecule has 0 aliphatic carbocycles. The van der Waals surface area contributed by atoms with Gasteiger partial charge in [-0.05, 0) is 110 Å². The second-order valence-electron chi connectivity index (χ2n) is 21.8. The molecule has 0 spiro atoms. The van der Waals surface area contributed by atoms with Crippen LogP contribution in [0.2, 0.25) is 13.1 Å². The maximum Gasteiger partial charge on any atom is 0.251 e. The fourth-order valence-corrected chi connectivity index (χ4v) is 14.9. The third kappa shape index (κ3) is 6.84. The number of hydrogen-bond acceptors (Lipinski definition) is 3. The lowest BCUT2D eigenvalue weighted by atomic mass is 9.33. The Balaban J connectivity index is 1.20. The number of hydrogen-bond donors (Lipinski definition) is 0. The molecule has 9 aromatic rings. The van der Waals surface area contributed by atoms with E-state index in [-0.39, 0.29) is 17.5 Å². The molecule has 0 saturated heterocycles. The summed E-state index contributed by atoms with van der Waals surface area (Å²) in [6.45, 7) is 19.0. The molecule has 9 aromatic carbocycles. The molecule has 0 aromatic heterocycles. The van der Waals surface area contributed by atoms with Crippen molar-refractivity contribution >= 4 is 92.7 Å². The van der Waals surface area contributed by atoms with Crippen molar-refractivity contribution in [3.05, 3.63) is 217 Å². The SMILES string of the molecule is CC(C)(C)c1ccc(-c2ccccc2N2c3cc(N(c4ccccc4)c4ccccc4)cc4c3B3c5c2cccc5[Si](C)(C)c2cccc(c23)N4c2ccccc2-c2ccc(C(C)(C)C)cc2)cc1. The molecule has 3 aliphatic heterocycles. The highest BCUT2D eigenvalue weighted by Crippen LogP contribution is 2.51. The quantitative estimate of drug-likeness (QED) is 0.148. The van der Waals surface area contributed by atoms with Crippen LogP contribution < -0.4 is 41.5 Å². The molecular formula is C64H58BN3Si. The fourth-order valence-electron chi connectivity index (χ4n) is 11.7. The predicted molar refractivity (Wildman–Crippen MR) is 300 cm³/mol. The minimum atomic E-state index is -2.25. The summed E-state index contributed by atoms with van der Waals surface area (Å²) < 4.78 is 0. The standard InChI is InChI=1S/C64H58BN3Si/c1-63(2,3)45-37-33-43(34-38-45)50-25-15-17-27-52(50)67-54-29-19-31-58-61(54)65-60-56(67)41-49(66(47-21-11-9-12-22-47)48-23-13-10-14-24-48)42-57(60)68(55-30-20-32-59(62(55)65)69(58,7)8)53-28-18-16-26-51(53)44-35-39-46(40-36-44)64(4,5)6/h9-42H,1-8H3. The lowest BCUT2D eigenvalue weighted by molar-refractivity contribution is 0.590. The van der Waals surface area contributed by atoms with E-state index in [1.165, 1.54) is 94.3 Å². The summed E-state index contributed by atoms with van der Waals surface area (Å²) >= 11 is 0. The number of nitrogens with zero attached hydrogens (tertiary/aromatic N) is 3. The smallest absolute Gasteiger partial charge is 0.251 e. The molecule has 0 unspecified atom stereocenters. The van der Waals surface area contributed by atoms with Crippen LogP contribution in [0.3, 0.4) is 0 Å². The van der Waals surface area contributed by atoms with Crippen molar-refractivity contribution in [2.75, 3.05) is 14.7 Å². The van der Waals surface area contributed by atoms with Gasteiger partial charge in [-0.3, -0.25) is 0 Å². The zero-order chi connectivity index (χ0) is 47.4. The van der Waals surface area contributed by atoms with E-state index < -0.39 is 8.07 Å². The predicted octanol–water partition coefficient (Wildman–Crippen LogP) is 14.3. The van der Waals surface area contributed by atoms with Crippen molar-refractivity contribution < 1.29 is 0 Å². The van der Waals surface area contributed by atoms with Crippen molar-refractivity contribution in [3.63, 3.8) is 0 Å². The Bertz CT molecular complexity index is 3220. The van der Waals surface area contributed by atoms with Crippen molar-refractivity contribution in [2.45, 2.75) is 65.5 Å². The van der Waals surface area contributed by atoms with Gasteiger partial charge >= 0.3 is 0 Å². The van der Waals surface area contributed by atoms with E-state index in [4.69, 9.17) is 0 Å². The Morgan fingerprint density at radius 3 is 1.14 bits per heavy atom. The number of anilines is 9. The summed E-state index contributed by atoms with van der Waals surface area (Å²) in [5.41, 5.74) is 22.5. The van der Waals surface area contributed by atoms with Gasteiger partial charge in [-0.2, -0.15) is 0 Å². The minimum absolute atomic E-state index is 0.0489. The molecule has 0 N–H and O–H groups in total. The lowest BCUT2D eigenvalue weighted by Gasteiger charge is -2.50. The van der Waals surface area contributed by atoms with Gasteiger partial charge in [0.15, 0.2) is 0 Å². The zero-order valence-corrected chi connectivity index (χ0v) is 42.0. The van der Waals surface area contributed by atoms with Gasteiger partial charge in [0.1, 0.15) is 8.07 Å². The van der Waals surface area contributed by atoms with Crippen LogP contribution in [0.4, 0.5) is 51.2 Å². The van der Waals surface area contributed by atoms with Gasteiger partial charge < -0.3 is 14.7 Å². The van der Waals surface area contributed by atoms with E-state index in [0.717, 1.165) is 17.1 Å². The first-order valence-electron chi connectivity index (χ1n) is 24.6. The third-order valence-corrected chi connectivity index (χ3v) is 18.7. The van der Waals surface area contributed by atoms with Crippen LogP contribution in [-0.2, 0) is 10.8 Å². The average molecular weight is 908 g/mol. The first-order valence-corrected chi connectivity index (χ1v) is 27.6. The van der Waals surface area contributed by atoms with E-state index >= 15 is 0 Å². The number of rotatable bonds is 7. The Kier molecular flexibility index (Phi) is 9.88. The molecule has 0 amide bonds. The van der Waals surface area contributed by atoms with Crippen molar-refractivity contribution in [1.29, 1.82) is 0 Å². The van der Waals surface area contributed by atoms with Gasteiger partial charge in [0, 0.05) is 45.3 Å². The second kappa shape index (κ2) is 15.9. The maximum absolute atomic E-state index is 2.64. The normalized spacial score (nSPS) is 14.1. The largest absolute Gasteiger partial charge is 0.311 e.